The van der Waals surface area contributed by atoms with Crippen LogP contribution < -0.4 is 5.32 Å². The molecule has 2 N–H and O–H groups in total. The SMILES string of the molecule is CC(C)(C)OC(=O)NCCCc1ocnc1CO. The molecule has 0 aromatic carbocycles. The highest BCUT2D eigenvalue weighted by atomic mass is 16.6. The summed E-state index contributed by atoms with van der Waals surface area (Å²) in [7, 11) is 0. The number of nitrogens with one attached hydrogen (secondary N) is 1. The first kappa shape index (κ1) is 14.5. The molecule has 102 valence electrons. The predicted octanol–water partition coefficient (Wildman–Crippen LogP) is 1.62. The Labute approximate surface area is 106 Å². The number of aryl methyl sites for hydroxylation is 1. The molecule has 6 nitrogen and oxygen atoms in total. The molecule has 0 aliphatic heterocycles. The number of ether oxygens (including phenoxy) is 1. The highest BCUT2D eigenvalue weighted by Crippen LogP contribution is 2.09. The van der Waals surface area contributed by atoms with Crippen molar-refractivity contribution in [1.29, 1.82) is 0 Å². The molecule has 6 heteroatoms. The van der Waals surface area contributed by atoms with Gasteiger partial charge in [-0.25, -0.2) is 9.78 Å². The van der Waals surface area contributed by atoms with E-state index in [1.54, 1.807) is 0 Å². The molecule has 0 bridgehead atoms. The van der Waals surface area contributed by atoms with E-state index >= 15 is 0 Å². The van der Waals surface area contributed by atoms with Gasteiger partial charge in [0.15, 0.2) is 6.39 Å². The van der Waals surface area contributed by atoms with Gasteiger partial charge in [-0.15, -0.1) is 0 Å². The molecule has 0 saturated heterocycles. The Balaban J connectivity index is 2.21. The Hall–Kier alpha value is -1.56. The van der Waals surface area contributed by atoms with Crippen LogP contribution in [0.4, 0.5) is 4.79 Å². The molecule has 0 aliphatic carbocycles. The van der Waals surface area contributed by atoms with E-state index in [0.29, 0.717) is 30.8 Å². The second-order valence-corrected chi connectivity index (χ2v) is 4.91. The van der Waals surface area contributed by atoms with Gasteiger partial charge in [-0.3, -0.25) is 0 Å². The van der Waals surface area contributed by atoms with Gasteiger partial charge in [-0.05, 0) is 27.2 Å². The van der Waals surface area contributed by atoms with E-state index in [4.69, 9.17) is 14.3 Å². The Morgan fingerprint density at radius 3 is 2.89 bits per heavy atom. The van der Waals surface area contributed by atoms with Gasteiger partial charge in [0.1, 0.15) is 17.1 Å². The number of aliphatic hydroxyl groups is 1. The smallest absolute Gasteiger partial charge is 0.407 e. The van der Waals surface area contributed by atoms with Crippen molar-refractivity contribution in [2.24, 2.45) is 0 Å². The average Bonchev–Trinajstić information content (AvgIpc) is 2.69. The van der Waals surface area contributed by atoms with Gasteiger partial charge in [-0.2, -0.15) is 0 Å². The number of oxazole rings is 1. The largest absolute Gasteiger partial charge is 0.448 e. The van der Waals surface area contributed by atoms with Gasteiger partial charge in [0.25, 0.3) is 0 Å². The quantitative estimate of drug-likeness (QED) is 0.782. The van der Waals surface area contributed by atoms with Crippen molar-refractivity contribution in [2.75, 3.05) is 6.54 Å². The standard InChI is InChI=1S/C12H20N2O4/c1-12(2,3)18-11(16)13-6-4-5-10-9(7-15)14-8-17-10/h8,15H,4-7H2,1-3H3,(H,13,16). The number of aromatic nitrogens is 1. The molecule has 0 unspecified atom stereocenters. The Kier molecular flexibility index (Phi) is 5.15. The Morgan fingerprint density at radius 1 is 1.56 bits per heavy atom. The third-order valence-electron chi connectivity index (χ3n) is 2.12. The van der Waals surface area contributed by atoms with Crippen LogP contribution in [0.2, 0.25) is 0 Å². The lowest BCUT2D eigenvalue weighted by Gasteiger charge is -2.19. The summed E-state index contributed by atoms with van der Waals surface area (Å²) >= 11 is 0. The van der Waals surface area contributed by atoms with E-state index in [9.17, 15) is 4.79 Å². The average molecular weight is 256 g/mol. The van der Waals surface area contributed by atoms with Crippen LogP contribution in [0, 0.1) is 0 Å². The predicted molar refractivity (Wildman–Crippen MR) is 65.0 cm³/mol. The maximum Gasteiger partial charge on any atom is 0.407 e. The van der Waals surface area contributed by atoms with Crippen LogP contribution >= 0.6 is 0 Å². The number of carbonyl (C=O) groups excluding carboxylic acids is 1. The molecule has 0 aliphatic rings. The van der Waals surface area contributed by atoms with Crippen molar-refractivity contribution in [3.05, 3.63) is 17.8 Å². The molecule has 1 aromatic heterocycles. The highest BCUT2D eigenvalue weighted by molar-refractivity contribution is 5.67. The van der Waals surface area contributed by atoms with E-state index in [2.05, 4.69) is 10.3 Å². The molecular weight excluding hydrogens is 236 g/mol. The number of carbonyl (C=O) groups is 1. The zero-order valence-corrected chi connectivity index (χ0v) is 11.0. The van der Waals surface area contributed by atoms with Gasteiger partial charge in [0, 0.05) is 13.0 Å². The van der Waals surface area contributed by atoms with Crippen molar-refractivity contribution in [1.82, 2.24) is 10.3 Å². The van der Waals surface area contributed by atoms with Crippen LogP contribution in [0.5, 0.6) is 0 Å². The molecule has 0 saturated carbocycles. The first-order chi connectivity index (χ1) is 8.42. The van der Waals surface area contributed by atoms with Crippen LogP contribution in [-0.2, 0) is 17.8 Å². The molecule has 0 fully saturated rings. The minimum Gasteiger partial charge on any atom is -0.448 e. The lowest BCUT2D eigenvalue weighted by Crippen LogP contribution is -2.33. The molecule has 1 amide bonds. The first-order valence-corrected chi connectivity index (χ1v) is 5.91. The number of amides is 1. The van der Waals surface area contributed by atoms with Gasteiger partial charge >= 0.3 is 6.09 Å². The topological polar surface area (TPSA) is 84.6 Å². The maximum atomic E-state index is 11.3. The normalized spacial score (nSPS) is 11.3. The van der Waals surface area contributed by atoms with Crippen LogP contribution in [0.1, 0.15) is 38.6 Å². The molecule has 1 rings (SSSR count). The molecule has 0 atom stereocenters. The number of rotatable bonds is 5. The molecule has 0 radical (unpaired) electrons. The van der Waals surface area contributed by atoms with Gasteiger partial charge in [0.05, 0.1) is 6.61 Å². The summed E-state index contributed by atoms with van der Waals surface area (Å²) in [6.07, 6.45) is 2.19. The Bertz CT molecular complexity index is 382. The lowest BCUT2D eigenvalue weighted by atomic mass is 10.2. The summed E-state index contributed by atoms with van der Waals surface area (Å²) in [5.74, 6) is 0.656. The summed E-state index contributed by atoms with van der Waals surface area (Å²) in [6, 6.07) is 0. The Morgan fingerprint density at radius 2 is 2.28 bits per heavy atom. The summed E-state index contributed by atoms with van der Waals surface area (Å²) in [5.41, 5.74) is 0.0614. The van der Waals surface area contributed by atoms with E-state index in [1.165, 1.54) is 6.39 Å². The highest BCUT2D eigenvalue weighted by Gasteiger charge is 2.15. The van der Waals surface area contributed by atoms with E-state index < -0.39 is 11.7 Å². The fraction of sp³-hybridized carbons (Fsp3) is 0.667. The van der Waals surface area contributed by atoms with E-state index in [-0.39, 0.29) is 6.61 Å². The van der Waals surface area contributed by atoms with Crippen molar-refractivity contribution >= 4 is 6.09 Å². The minimum absolute atomic E-state index is 0.134. The van der Waals surface area contributed by atoms with Gasteiger partial charge in [-0.1, -0.05) is 0 Å². The van der Waals surface area contributed by atoms with Crippen molar-refractivity contribution in [3.63, 3.8) is 0 Å². The summed E-state index contributed by atoms with van der Waals surface area (Å²) in [4.78, 5) is 15.2. The number of aliphatic hydroxyl groups excluding tert-OH is 1. The summed E-state index contributed by atoms with van der Waals surface area (Å²) in [5, 5.41) is 11.6. The van der Waals surface area contributed by atoms with Crippen LogP contribution in [0.25, 0.3) is 0 Å². The lowest BCUT2D eigenvalue weighted by molar-refractivity contribution is 0.0527. The third-order valence-corrected chi connectivity index (χ3v) is 2.12. The zero-order valence-electron chi connectivity index (χ0n) is 11.0. The van der Waals surface area contributed by atoms with Crippen molar-refractivity contribution in [3.8, 4) is 0 Å². The van der Waals surface area contributed by atoms with Crippen molar-refractivity contribution in [2.45, 2.75) is 45.8 Å². The molecule has 18 heavy (non-hydrogen) atoms. The fourth-order valence-corrected chi connectivity index (χ4v) is 1.38. The first-order valence-electron chi connectivity index (χ1n) is 5.91. The van der Waals surface area contributed by atoms with Crippen LogP contribution in [-0.4, -0.2) is 28.3 Å². The third kappa shape index (κ3) is 5.18. The minimum atomic E-state index is -0.487. The van der Waals surface area contributed by atoms with Crippen LogP contribution in [0.15, 0.2) is 10.8 Å². The molecule has 0 spiro atoms. The fourth-order valence-electron chi connectivity index (χ4n) is 1.38. The second-order valence-electron chi connectivity index (χ2n) is 4.91. The zero-order chi connectivity index (χ0) is 13.6. The molecule has 1 aromatic rings. The number of nitrogens with zero attached hydrogens (tertiary/aromatic N) is 1. The molecular formula is C12H20N2O4. The van der Waals surface area contributed by atoms with E-state index in [0.717, 1.165) is 0 Å². The van der Waals surface area contributed by atoms with E-state index in [1.807, 2.05) is 20.8 Å². The number of alkyl carbamates (subject to hydrolysis) is 1. The van der Waals surface area contributed by atoms with Gasteiger partial charge < -0.3 is 19.6 Å². The maximum absolute atomic E-state index is 11.3. The number of hydrogen-bond acceptors (Lipinski definition) is 5. The summed E-state index contributed by atoms with van der Waals surface area (Å²) in [6.45, 7) is 5.80. The van der Waals surface area contributed by atoms with Crippen molar-refractivity contribution < 1.29 is 19.1 Å². The monoisotopic (exact) mass is 256 g/mol. The second kappa shape index (κ2) is 6.39. The molecule has 1 heterocycles. The number of hydrogen-bond donors (Lipinski definition) is 2. The van der Waals surface area contributed by atoms with Crippen LogP contribution in [0.3, 0.4) is 0 Å². The van der Waals surface area contributed by atoms with Gasteiger partial charge in [0.2, 0.25) is 0 Å². The summed E-state index contributed by atoms with van der Waals surface area (Å²) < 4.78 is 10.2.